The van der Waals surface area contributed by atoms with Gasteiger partial charge in [0.1, 0.15) is 11.4 Å². The van der Waals surface area contributed by atoms with Gasteiger partial charge in [0.15, 0.2) is 0 Å². The number of halogens is 1. The molecule has 22 heavy (non-hydrogen) atoms. The highest BCUT2D eigenvalue weighted by atomic mass is 19.1. The van der Waals surface area contributed by atoms with Crippen LogP contribution in [0, 0.1) is 5.82 Å². The lowest BCUT2D eigenvalue weighted by Gasteiger charge is -2.41. The number of carbonyl (C=O) groups excluding carboxylic acids is 1. The Bertz CT molecular complexity index is 759. The molecule has 0 saturated heterocycles. The summed E-state index contributed by atoms with van der Waals surface area (Å²) in [5.41, 5.74) is 2.86. The predicted molar refractivity (Wildman–Crippen MR) is 81.4 cm³/mol. The third-order valence-electron chi connectivity index (χ3n) is 4.61. The first-order valence-electron chi connectivity index (χ1n) is 7.48. The molecule has 3 aliphatic rings. The van der Waals surface area contributed by atoms with Crippen LogP contribution in [0.1, 0.15) is 24.8 Å². The van der Waals surface area contributed by atoms with E-state index >= 15 is 0 Å². The highest BCUT2D eigenvalue weighted by Gasteiger charge is 2.43. The first kappa shape index (κ1) is 13.3. The summed E-state index contributed by atoms with van der Waals surface area (Å²) in [5, 5.41) is 0. The van der Waals surface area contributed by atoms with Gasteiger partial charge in [-0.1, -0.05) is 36.4 Å². The van der Waals surface area contributed by atoms with Gasteiger partial charge in [-0.05, 0) is 54.2 Å². The number of rotatable bonds is 3. The molecule has 0 unspecified atom stereocenters. The summed E-state index contributed by atoms with van der Waals surface area (Å²) < 4.78 is 19.0. The van der Waals surface area contributed by atoms with Crippen molar-refractivity contribution >= 4 is 5.97 Å². The highest BCUT2D eigenvalue weighted by Crippen LogP contribution is 2.46. The van der Waals surface area contributed by atoms with Crippen molar-refractivity contribution in [2.45, 2.75) is 24.9 Å². The molecular weight excluding hydrogens is 279 g/mol. The van der Waals surface area contributed by atoms with Crippen molar-refractivity contribution < 1.29 is 13.9 Å². The zero-order valence-electron chi connectivity index (χ0n) is 12.0. The van der Waals surface area contributed by atoms with Crippen LogP contribution in [-0.4, -0.2) is 5.97 Å². The van der Waals surface area contributed by atoms with Crippen LogP contribution in [0.4, 0.5) is 4.39 Å². The minimum Gasteiger partial charge on any atom is -0.451 e. The Morgan fingerprint density at radius 2 is 1.86 bits per heavy atom. The number of ether oxygens (including phenoxy) is 1. The average Bonchev–Trinajstić information content (AvgIpc) is 3.06. The fourth-order valence-corrected chi connectivity index (χ4v) is 3.20. The van der Waals surface area contributed by atoms with Crippen molar-refractivity contribution in [3.63, 3.8) is 0 Å². The Balaban J connectivity index is 1.62. The first-order chi connectivity index (χ1) is 10.7. The van der Waals surface area contributed by atoms with Gasteiger partial charge in [0, 0.05) is 0 Å². The summed E-state index contributed by atoms with van der Waals surface area (Å²) in [4.78, 5) is 12.6. The maximum atomic E-state index is 13.1. The van der Waals surface area contributed by atoms with Crippen molar-refractivity contribution in [2.75, 3.05) is 0 Å². The molecule has 0 spiro atoms. The maximum absolute atomic E-state index is 13.1. The maximum Gasteiger partial charge on any atom is 0.339 e. The van der Waals surface area contributed by atoms with Crippen molar-refractivity contribution in [3.05, 3.63) is 82.7 Å². The highest BCUT2D eigenvalue weighted by molar-refractivity contribution is 5.97. The Hall–Kier alpha value is -2.42. The molecular formula is C19H15FO2. The molecule has 0 atom stereocenters. The molecule has 0 amide bonds. The summed E-state index contributed by atoms with van der Waals surface area (Å²) >= 11 is 0. The number of benzene rings is 1. The van der Waals surface area contributed by atoms with Gasteiger partial charge in [-0.3, -0.25) is 0 Å². The van der Waals surface area contributed by atoms with Crippen LogP contribution in [0.15, 0.2) is 71.4 Å². The zero-order valence-corrected chi connectivity index (χ0v) is 12.0. The second-order valence-electron chi connectivity index (χ2n) is 5.89. The van der Waals surface area contributed by atoms with Crippen molar-refractivity contribution in [1.29, 1.82) is 0 Å². The van der Waals surface area contributed by atoms with Crippen LogP contribution in [0.5, 0.6) is 0 Å². The van der Waals surface area contributed by atoms with E-state index in [0.717, 1.165) is 36.0 Å². The molecule has 110 valence electrons. The second kappa shape index (κ2) is 4.80. The normalized spacial score (nSPS) is 20.7. The van der Waals surface area contributed by atoms with Crippen molar-refractivity contribution in [1.82, 2.24) is 0 Å². The number of carbonyl (C=O) groups is 1. The standard InChI is InChI=1S/C19H15FO2/c20-15-8-6-14(7-9-15)19(11-2-12-19)22-18(21)17-10-5-13-3-1-4-16(13)17/h1,3-10H,2,11-12H2. The van der Waals surface area contributed by atoms with Gasteiger partial charge in [-0.15, -0.1) is 0 Å². The van der Waals surface area contributed by atoms with E-state index in [1.165, 1.54) is 12.1 Å². The number of fused-ring (bicyclic) bond motifs is 1. The van der Waals surface area contributed by atoms with Gasteiger partial charge in [0.25, 0.3) is 0 Å². The minimum atomic E-state index is -0.596. The molecule has 0 N–H and O–H groups in total. The van der Waals surface area contributed by atoms with Crippen molar-refractivity contribution in [2.24, 2.45) is 0 Å². The van der Waals surface area contributed by atoms with Gasteiger partial charge in [-0.25, -0.2) is 9.18 Å². The van der Waals surface area contributed by atoms with E-state index in [4.69, 9.17) is 4.74 Å². The van der Waals surface area contributed by atoms with E-state index in [9.17, 15) is 9.18 Å². The molecule has 1 fully saturated rings. The third-order valence-corrected chi connectivity index (χ3v) is 4.61. The van der Waals surface area contributed by atoms with E-state index < -0.39 is 5.60 Å². The molecule has 1 aromatic carbocycles. The van der Waals surface area contributed by atoms with E-state index in [0.29, 0.717) is 5.57 Å². The molecule has 0 aromatic heterocycles. The fourth-order valence-electron chi connectivity index (χ4n) is 3.20. The van der Waals surface area contributed by atoms with Gasteiger partial charge < -0.3 is 4.74 Å². The van der Waals surface area contributed by atoms with Gasteiger partial charge in [0.05, 0.1) is 5.57 Å². The van der Waals surface area contributed by atoms with Crippen LogP contribution < -0.4 is 0 Å². The molecule has 0 radical (unpaired) electrons. The minimum absolute atomic E-state index is 0.279. The summed E-state index contributed by atoms with van der Waals surface area (Å²) in [5.74, 6) is -0.579. The topological polar surface area (TPSA) is 26.3 Å². The molecule has 2 nitrogen and oxygen atoms in total. The molecule has 1 aromatic rings. The van der Waals surface area contributed by atoms with Crippen LogP contribution in [0.3, 0.4) is 0 Å². The van der Waals surface area contributed by atoms with Crippen molar-refractivity contribution in [3.8, 4) is 0 Å². The Morgan fingerprint density at radius 3 is 2.55 bits per heavy atom. The quantitative estimate of drug-likeness (QED) is 0.784. The molecule has 0 heterocycles. The van der Waals surface area contributed by atoms with Gasteiger partial charge in [0.2, 0.25) is 0 Å². The predicted octanol–water partition coefficient (Wildman–Crippen LogP) is 4.11. The fraction of sp³-hybridized carbons (Fsp3) is 0.211. The largest absolute Gasteiger partial charge is 0.451 e. The monoisotopic (exact) mass is 294 g/mol. The summed E-state index contributed by atoms with van der Waals surface area (Å²) in [6.45, 7) is 0. The van der Waals surface area contributed by atoms with E-state index in [-0.39, 0.29) is 11.8 Å². The Labute approximate surface area is 128 Å². The lowest BCUT2D eigenvalue weighted by atomic mass is 9.75. The van der Waals surface area contributed by atoms with Gasteiger partial charge in [-0.2, -0.15) is 0 Å². The number of hydrogen-bond donors (Lipinski definition) is 0. The second-order valence-corrected chi connectivity index (χ2v) is 5.89. The van der Waals surface area contributed by atoms with Crippen LogP contribution >= 0.6 is 0 Å². The Morgan fingerprint density at radius 1 is 1.09 bits per heavy atom. The summed E-state index contributed by atoms with van der Waals surface area (Å²) in [6, 6.07) is 6.26. The Kier molecular flexibility index (Phi) is 2.89. The van der Waals surface area contributed by atoms with E-state index in [1.54, 1.807) is 12.1 Å². The average molecular weight is 294 g/mol. The smallest absolute Gasteiger partial charge is 0.339 e. The lowest BCUT2D eigenvalue weighted by Crippen LogP contribution is -2.39. The number of hydrogen-bond acceptors (Lipinski definition) is 2. The summed E-state index contributed by atoms with van der Waals surface area (Å²) in [7, 11) is 0. The van der Waals surface area contributed by atoms with E-state index in [2.05, 4.69) is 0 Å². The van der Waals surface area contributed by atoms with Gasteiger partial charge >= 0.3 is 5.97 Å². The molecule has 4 rings (SSSR count). The first-order valence-corrected chi connectivity index (χ1v) is 7.48. The zero-order chi connectivity index (χ0) is 15.2. The SMILES string of the molecule is O=C(OC1(c2ccc(F)cc2)CCC1)C1=C2C=CC=C2C=C1. The molecule has 3 aliphatic carbocycles. The number of allylic oxidation sites excluding steroid dienone is 6. The molecule has 0 aliphatic heterocycles. The molecule has 0 bridgehead atoms. The molecule has 3 heteroatoms. The van der Waals surface area contributed by atoms with E-state index in [1.807, 2.05) is 30.4 Å². The summed E-state index contributed by atoms with van der Waals surface area (Å²) in [6.07, 6.45) is 12.2. The number of esters is 1. The van der Waals surface area contributed by atoms with Crippen LogP contribution in [0.25, 0.3) is 0 Å². The molecule has 1 saturated carbocycles. The third kappa shape index (κ3) is 1.97. The van der Waals surface area contributed by atoms with Crippen LogP contribution in [-0.2, 0) is 15.1 Å². The lowest BCUT2D eigenvalue weighted by molar-refractivity contribution is -0.166. The van der Waals surface area contributed by atoms with Crippen LogP contribution in [0.2, 0.25) is 0 Å².